The van der Waals surface area contributed by atoms with E-state index in [9.17, 15) is 8.42 Å². The molecule has 5 nitrogen and oxygen atoms in total. The first kappa shape index (κ1) is 16.8. The first-order valence-corrected chi connectivity index (χ1v) is 9.34. The molecule has 0 bridgehead atoms. The van der Waals surface area contributed by atoms with Gasteiger partial charge in [-0.1, -0.05) is 24.6 Å². The third-order valence-corrected chi connectivity index (χ3v) is 5.25. The zero-order chi connectivity index (χ0) is 15.8. The van der Waals surface area contributed by atoms with Gasteiger partial charge in [0.1, 0.15) is 11.9 Å². The number of ether oxygens (including phenoxy) is 1. The van der Waals surface area contributed by atoms with E-state index in [4.69, 9.17) is 10.00 Å². The summed E-state index contributed by atoms with van der Waals surface area (Å²) in [4.78, 5) is 0. The van der Waals surface area contributed by atoms with E-state index in [-0.39, 0.29) is 24.3 Å². The van der Waals surface area contributed by atoms with Gasteiger partial charge in [-0.2, -0.15) is 5.26 Å². The van der Waals surface area contributed by atoms with Crippen LogP contribution in [0.2, 0.25) is 0 Å². The van der Waals surface area contributed by atoms with Crippen molar-refractivity contribution in [2.75, 3.05) is 5.75 Å². The van der Waals surface area contributed by atoms with Crippen molar-refractivity contribution in [2.45, 2.75) is 50.7 Å². The summed E-state index contributed by atoms with van der Waals surface area (Å²) in [5, 5.41) is 8.51. The van der Waals surface area contributed by atoms with E-state index in [0.717, 1.165) is 31.4 Å². The maximum absolute atomic E-state index is 12.1. The van der Waals surface area contributed by atoms with Crippen LogP contribution in [0, 0.1) is 11.3 Å². The largest absolute Gasteiger partial charge is 0.489 e. The number of nitriles is 1. The number of hydrogen-bond acceptors (Lipinski definition) is 4. The minimum absolute atomic E-state index is 0.00484. The average Bonchev–Trinajstić information content (AvgIpc) is 2.50. The van der Waals surface area contributed by atoms with Gasteiger partial charge in [-0.25, -0.2) is 13.1 Å². The molecule has 1 aromatic carbocycles. The van der Waals surface area contributed by atoms with Crippen LogP contribution in [-0.2, 0) is 10.0 Å². The van der Waals surface area contributed by atoms with Crippen molar-refractivity contribution < 1.29 is 13.2 Å². The summed E-state index contributed by atoms with van der Waals surface area (Å²) in [7, 11) is -3.36. The highest BCUT2D eigenvalue weighted by molar-refractivity contribution is 7.89. The number of nitrogens with zero attached hydrogens (tertiary/aromatic N) is 1. The molecule has 0 saturated heterocycles. The lowest BCUT2D eigenvalue weighted by atomic mass is 9.93. The van der Waals surface area contributed by atoms with Crippen molar-refractivity contribution >= 4 is 10.0 Å². The highest BCUT2D eigenvalue weighted by Crippen LogP contribution is 2.24. The summed E-state index contributed by atoms with van der Waals surface area (Å²) >= 11 is 0. The molecule has 1 N–H and O–H groups in total. The number of rotatable bonds is 7. The van der Waals surface area contributed by atoms with E-state index >= 15 is 0 Å². The fourth-order valence-corrected chi connectivity index (χ4v) is 4.05. The second kappa shape index (κ2) is 8.16. The van der Waals surface area contributed by atoms with E-state index < -0.39 is 10.0 Å². The summed E-state index contributed by atoms with van der Waals surface area (Å²) in [6, 6.07) is 11.3. The van der Waals surface area contributed by atoms with Crippen LogP contribution in [0.1, 0.15) is 38.5 Å². The smallest absolute Gasteiger partial charge is 0.212 e. The van der Waals surface area contributed by atoms with Crippen LogP contribution in [0.5, 0.6) is 5.75 Å². The van der Waals surface area contributed by atoms with E-state index in [0.29, 0.717) is 6.42 Å². The number of benzene rings is 1. The molecule has 0 radical (unpaired) electrons. The molecule has 0 unspecified atom stereocenters. The molecule has 1 aromatic rings. The zero-order valence-electron chi connectivity index (χ0n) is 12.6. The Morgan fingerprint density at radius 3 is 2.68 bits per heavy atom. The standard InChI is InChI=1S/C16H22N2O3S/c17-12-6-7-13-22(19,20)18-15-10-4-5-11-16(15)21-14-8-2-1-3-9-14/h1-3,8-9,15-16,18H,4-7,10-11,13H2/t15-,16+/m1/s1. The molecular weight excluding hydrogens is 300 g/mol. The molecule has 120 valence electrons. The van der Waals surface area contributed by atoms with Crippen LogP contribution in [0.25, 0.3) is 0 Å². The molecule has 0 aromatic heterocycles. The lowest BCUT2D eigenvalue weighted by Crippen LogP contribution is -2.48. The topological polar surface area (TPSA) is 79.2 Å². The summed E-state index contributed by atoms with van der Waals surface area (Å²) in [6.45, 7) is 0. The lowest BCUT2D eigenvalue weighted by molar-refractivity contribution is 0.125. The van der Waals surface area contributed by atoms with E-state index in [2.05, 4.69) is 4.72 Å². The molecule has 0 heterocycles. The number of hydrogen-bond donors (Lipinski definition) is 1. The maximum Gasteiger partial charge on any atom is 0.212 e. The number of para-hydroxylation sites is 1. The Bertz CT molecular complexity index is 596. The second-order valence-corrected chi connectivity index (χ2v) is 7.43. The van der Waals surface area contributed by atoms with Gasteiger partial charge >= 0.3 is 0 Å². The summed E-state index contributed by atoms with van der Waals surface area (Å²) < 4.78 is 32.9. The Morgan fingerprint density at radius 2 is 1.95 bits per heavy atom. The Kier molecular flexibility index (Phi) is 6.22. The van der Waals surface area contributed by atoms with E-state index in [1.54, 1.807) is 0 Å². The van der Waals surface area contributed by atoms with Gasteiger partial charge in [-0.15, -0.1) is 0 Å². The predicted molar refractivity (Wildman–Crippen MR) is 84.9 cm³/mol. The molecule has 6 heteroatoms. The van der Waals surface area contributed by atoms with Gasteiger partial charge in [0.25, 0.3) is 0 Å². The third kappa shape index (κ3) is 5.32. The van der Waals surface area contributed by atoms with Gasteiger partial charge in [0.2, 0.25) is 10.0 Å². The quantitative estimate of drug-likeness (QED) is 0.783. The van der Waals surface area contributed by atoms with Gasteiger partial charge in [-0.05, 0) is 37.8 Å². The highest BCUT2D eigenvalue weighted by Gasteiger charge is 2.30. The maximum atomic E-state index is 12.1. The lowest BCUT2D eigenvalue weighted by Gasteiger charge is -2.32. The average molecular weight is 322 g/mol. The Labute approximate surface area is 132 Å². The molecule has 1 aliphatic carbocycles. The summed E-state index contributed by atoms with van der Waals surface area (Å²) in [5.74, 6) is 0.762. The van der Waals surface area contributed by atoms with Crippen molar-refractivity contribution in [3.8, 4) is 11.8 Å². The van der Waals surface area contributed by atoms with Crippen LogP contribution >= 0.6 is 0 Å². The van der Waals surface area contributed by atoms with Gasteiger partial charge in [0, 0.05) is 6.42 Å². The Hall–Kier alpha value is -1.58. The van der Waals surface area contributed by atoms with Gasteiger partial charge in [-0.3, -0.25) is 0 Å². The normalized spacial score (nSPS) is 22.0. The molecule has 0 amide bonds. The molecule has 1 fully saturated rings. The van der Waals surface area contributed by atoms with Crippen molar-refractivity contribution in [1.82, 2.24) is 4.72 Å². The molecule has 2 atom stereocenters. The van der Waals surface area contributed by atoms with Crippen molar-refractivity contribution in [3.05, 3.63) is 30.3 Å². The fraction of sp³-hybridized carbons (Fsp3) is 0.562. The second-order valence-electron chi connectivity index (χ2n) is 5.56. The van der Waals surface area contributed by atoms with Crippen LogP contribution in [-0.4, -0.2) is 26.3 Å². The van der Waals surface area contributed by atoms with Crippen LogP contribution in [0.4, 0.5) is 0 Å². The first-order valence-electron chi connectivity index (χ1n) is 7.69. The van der Waals surface area contributed by atoms with Gasteiger partial charge in [0.15, 0.2) is 0 Å². The molecule has 0 spiro atoms. The van der Waals surface area contributed by atoms with Gasteiger partial charge in [0.05, 0.1) is 17.9 Å². The number of unbranched alkanes of at least 4 members (excludes halogenated alkanes) is 1. The van der Waals surface area contributed by atoms with Crippen LogP contribution < -0.4 is 9.46 Å². The molecule has 22 heavy (non-hydrogen) atoms. The number of sulfonamides is 1. The van der Waals surface area contributed by atoms with Crippen LogP contribution in [0.3, 0.4) is 0 Å². The zero-order valence-corrected chi connectivity index (χ0v) is 13.4. The monoisotopic (exact) mass is 322 g/mol. The Balaban J connectivity index is 1.96. The van der Waals surface area contributed by atoms with Crippen molar-refractivity contribution in [2.24, 2.45) is 0 Å². The van der Waals surface area contributed by atoms with E-state index in [1.807, 2.05) is 36.4 Å². The SMILES string of the molecule is N#CCCCS(=O)(=O)N[C@@H]1CCCC[C@@H]1Oc1ccccc1. The predicted octanol–water partition coefficient (Wildman–Crippen LogP) is 2.60. The molecule has 0 aliphatic heterocycles. The molecule has 2 rings (SSSR count). The molecule has 1 aliphatic rings. The summed E-state index contributed by atoms with van der Waals surface area (Å²) in [6.07, 6.45) is 4.17. The molecule has 1 saturated carbocycles. The van der Waals surface area contributed by atoms with E-state index in [1.165, 1.54) is 0 Å². The first-order chi connectivity index (χ1) is 10.6. The fourth-order valence-electron chi connectivity index (χ4n) is 2.68. The highest BCUT2D eigenvalue weighted by atomic mass is 32.2. The van der Waals surface area contributed by atoms with Gasteiger partial charge < -0.3 is 4.74 Å². The third-order valence-electron chi connectivity index (χ3n) is 3.77. The van der Waals surface area contributed by atoms with Crippen LogP contribution in [0.15, 0.2) is 30.3 Å². The van der Waals surface area contributed by atoms with Crippen molar-refractivity contribution in [1.29, 1.82) is 5.26 Å². The van der Waals surface area contributed by atoms with Crippen molar-refractivity contribution in [3.63, 3.8) is 0 Å². The Morgan fingerprint density at radius 1 is 1.23 bits per heavy atom. The number of nitrogens with one attached hydrogen (secondary N) is 1. The summed E-state index contributed by atoms with van der Waals surface area (Å²) in [5.41, 5.74) is 0. The minimum Gasteiger partial charge on any atom is -0.489 e. The minimum atomic E-state index is -3.36. The molecular formula is C16H22N2O3S.